The van der Waals surface area contributed by atoms with Gasteiger partial charge in [-0.3, -0.25) is 4.98 Å². The molecule has 0 unspecified atom stereocenters. The number of allylic oxidation sites excluding steroid dienone is 1. The molecule has 126 valence electrons. The molecule has 0 radical (unpaired) electrons. The maximum atomic E-state index is 6.37. The van der Waals surface area contributed by atoms with Crippen LogP contribution in [0.4, 0.5) is 0 Å². The lowest BCUT2D eigenvalue weighted by Crippen LogP contribution is -1.94. The van der Waals surface area contributed by atoms with Gasteiger partial charge in [-0.05, 0) is 40.5 Å². The van der Waals surface area contributed by atoms with Crippen molar-refractivity contribution in [3.63, 3.8) is 0 Å². The Bertz CT molecular complexity index is 1050. The molecule has 0 aliphatic heterocycles. The van der Waals surface area contributed by atoms with Crippen molar-refractivity contribution in [1.29, 1.82) is 0 Å². The Labute approximate surface area is 158 Å². The first-order valence-corrected chi connectivity index (χ1v) is 9.01. The van der Waals surface area contributed by atoms with Gasteiger partial charge in [-0.15, -0.1) is 0 Å². The maximum Gasteiger partial charge on any atom is 0.0738 e. The second-order valence-electron chi connectivity index (χ2n) is 6.26. The number of benzene rings is 3. The predicted octanol–water partition coefficient (Wildman–Crippen LogP) is 6.67. The molecule has 0 bridgehead atoms. The summed E-state index contributed by atoms with van der Waals surface area (Å²) in [5.41, 5.74) is 5.78. The molecule has 0 N–H and O–H groups in total. The van der Waals surface area contributed by atoms with Crippen LogP contribution in [0.15, 0.2) is 91.1 Å². The summed E-state index contributed by atoms with van der Waals surface area (Å²) in [7, 11) is 0. The van der Waals surface area contributed by atoms with Gasteiger partial charge in [0.15, 0.2) is 0 Å². The molecule has 0 aliphatic rings. The number of hydrogen-bond acceptors (Lipinski definition) is 1. The van der Waals surface area contributed by atoms with Crippen LogP contribution >= 0.6 is 11.6 Å². The van der Waals surface area contributed by atoms with Crippen LogP contribution in [0, 0.1) is 0 Å². The molecule has 4 aromatic rings. The number of pyridine rings is 1. The van der Waals surface area contributed by atoms with Gasteiger partial charge >= 0.3 is 0 Å². The Kier molecular flexibility index (Phi) is 4.81. The van der Waals surface area contributed by atoms with E-state index >= 15 is 0 Å². The van der Waals surface area contributed by atoms with Crippen LogP contribution in [0.5, 0.6) is 0 Å². The highest BCUT2D eigenvalue weighted by Crippen LogP contribution is 2.28. The van der Waals surface area contributed by atoms with Gasteiger partial charge in [-0.25, -0.2) is 0 Å². The van der Waals surface area contributed by atoms with Crippen LogP contribution in [-0.2, 0) is 6.42 Å². The molecule has 0 amide bonds. The van der Waals surface area contributed by atoms with Crippen molar-refractivity contribution < 1.29 is 0 Å². The van der Waals surface area contributed by atoms with Gasteiger partial charge in [0.2, 0.25) is 0 Å². The fourth-order valence-electron chi connectivity index (χ4n) is 3.21. The number of rotatable bonds is 4. The number of nitrogens with zero attached hydrogens (tertiary/aromatic N) is 1. The molecule has 4 rings (SSSR count). The van der Waals surface area contributed by atoms with E-state index in [2.05, 4.69) is 65.7 Å². The Morgan fingerprint density at radius 3 is 2.35 bits per heavy atom. The molecule has 0 saturated carbocycles. The van der Waals surface area contributed by atoms with Crippen molar-refractivity contribution in [3.8, 4) is 0 Å². The van der Waals surface area contributed by atoms with E-state index in [1.807, 2.05) is 36.5 Å². The van der Waals surface area contributed by atoms with E-state index in [1.54, 1.807) is 0 Å². The van der Waals surface area contributed by atoms with E-state index in [0.717, 1.165) is 27.9 Å². The average molecular weight is 356 g/mol. The second kappa shape index (κ2) is 7.55. The third-order valence-electron chi connectivity index (χ3n) is 4.41. The maximum absolute atomic E-state index is 6.37. The number of halogens is 1. The Hall–Kier alpha value is -2.90. The first-order chi connectivity index (χ1) is 12.8. The minimum atomic E-state index is 0.743. The average Bonchev–Trinajstić information content (AvgIpc) is 2.69. The SMILES string of the molecule is Clc1cc(C/C(=C/c2ccccc2)c2ccccc2)c2ncccc2c1. The van der Waals surface area contributed by atoms with Gasteiger partial charge in [0.1, 0.15) is 0 Å². The van der Waals surface area contributed by atoms with Gasteiger partial charge in [0.25, 0.3) is 0 Å². The van der Waals surface area contributed by atoms with Crippen molar-refractivity contribution >= 4 is 34.2 Å². The van der Waals surface area contributed by atoms with Gasteiger partial charge in [0.05, 0.1) is 5.52 Å². The van der Waals surface area contributed by atoms with Gasteiger partial charge in [0, 0.05) is 23.0 Å². The molecule has 26 heavy (non-hydrogen) atoms. The Morgan fingerprint density at radius 2 is 1.58 bits per heavy atom. The zero-order valence-electron chi connectivity index (χ0n) is 14.3. The summed E-state index contributed by atoms with van der Waals surface area (Å²) in [5, 5.41) is 1.81. The zero-order chi connectivity index (χ0) is 17.8. The van der Waals surface area contributed by atoms with Crippen LogP contribution in [0.3, 0.4) is 0 Å². The van der Waals surface area contributed by atoms with Crippen LogP contribution in [0.1, 0.15) is 16.7 Å². The lowest BCUT2D eigenvalue weighted by Gasteiger charge is -2.11. The first-order valence-electron chi connectivity index (χ1n) is 8.64. The molecule has 3 aromatic carbocycles. The number of aromatic nitrogens is 1. The van der Waals surface area contributed by atoms with Gasteiger partial charge in [-0.2, -0.15) is 0 Å². The smallest absolute Gasteiger partial charge is 0.0738 e. The van der Waals surface area contributed by atoms with Gasteiger partial charge in [-0.1, -0.05) is 84.4 Å². The van der Waals surface area contributed by atoms with Crippen molar-refractivity contribution in [2.75, 3.05) is 0 Å². The number of fused-ring (bicyclic) bond motifs is 1. The molecular formula is C24H18ClN. The summed E-state index contributed by atoms with van der Waals surface area (Å²) in [6.45, 7) is 0. The van der Waals surface area contributed by atoms with Crippen LogP contribution in [-0.4, -0.2) is 4.98 Å². The quantitative estimate of drug-likeness (QED) is 0.372. The van der Waals surface area contributed by atoms with E-state index in [9.17, 15) is 0 Å². The predicted molar refractivity (Wildman–Crippen MR) is 111 cm³/mol. The topological polar surface area (TPSA) is 12.9 Å². The fraction of sp³-hybridized carbons (Fsp3) is 0.0417. The molecular weight excluding hydrogens is 338 g/mol. The molecule has 0 aliphatic carbocycles. The molecule has 0 atom stereocenters. The first kappa shape index (κ1) is 16.6. The standard InChI is InChI=1S/C24H18ClN/c25-23-16-20-12-7-13-26-24(20)22(17-23)15-21(19-10-5-2-6-11-19)14-18-8-3-1-4-9-18/h1-14,16-17H,15H2/b21-14-. The molecule has 1 nitrogen and oxygen atoms in total. The zero-order valence-corrected chi connectivity index (χ0v) is 15.0. The normalized spacial score (nSPS) is 11.7. The molecule has 1 aromatic heterocycles. The van der Waals surface area contributed by atoms with Crippen molar-refractivity contribution in [2.45, 2.75) is 6.42 Å². The summed E-state index contributed by atoms with van der Waals surface area (Å²) >= 11 is 6.37. The molecule has 2 heteroatoms. The van der Waals surface area contributed by atoms with E-state index in [-0.39, 0.29) is 0 Å². The van der Waals surface area contributed by atoms with E-state index in [4.69, 9.17) is 11.6 Å². The Morgan fingerprint density at radius 1 is 0.846 bits per heavy atom. The number of hydrogen-bond donors (Lipinski definition) is 0. The van der Waals surface area contributed by atoms with Crippen molar-refractivity contribution in [1.82, 2.24) is 4.98 Å². The largest absolute Gasteiger partial charge is 0.256 e. The monoisotopic (exact) mass is 355 g/mol. The minimum absolute atomic E-state index is 0.743. The molecule has 0 saturated heterocycles. The third kappa shape index (κ3) is 3.68. The summed E-state index contributed by atoms with van der Waals surface area (Å²) < 4.78 is 0. The highest BCUT2D eigenvalue weighted by molar-refractivity contribution is 6.31. The summed E-state index contributed by atoms with van der Waals surface area (Å²) in [5.74, 6) is 0. The van der Waals surface area contributed by atoms with E-state index in [1.165, 1.54) is 16.7 Å². The lowest BCUT2D eigenvalue weighted by molar-refractivity contribution is 1.27. The second-order valence-corrected chi connectivity index (χ2v) is 6.70. The molecule has 0 fully saturated rings. The highest BCUT2D eigenvalue weighted by Gasteiger charge is 2.09. The summed E-state index contributed by atoms with van der Waals surface area (Å²) in [6, 6.07) is 28.9. The summed E-state index contributed by atoms with van der Waals surface area (Å²) in [4.78, 5) is 4.59. The summed E-state index contributed by atoms with van der Waals surface area (Å²) in [6.07, 6.45) is 4.85. The van der Waals surface area contributed by atoms with E-state index < -0.39 is 0 Å². The Balaban J connectivity index is 1.83. The van der Waals surface area contributed by atoms with Crippen LogP contribution in [0.25, 0.3) is 22.6 Å². The fourth-order valence-corrected chi connectivity index (χ4v) is 3.46. The third-order valence-corrected chi connectivity index (χ3v) is 4.63. The van der Waals surface area contributed by atoms with Gasteiger partial charge < -0.3 is 0 Å². The minimum Gasteiger partial charge on any atom is -0.256 e. The van der Waals surface area contributed by atoms with Crippen molar-refractivity contribution in [3.05, 3.63) is 113 Å². The van der Waals surface area contributed by atoms with E-state index in [0.29, 0.717) is 0 Å². The molecule has 0 spiro atoms. The highest BCUT2D eigenvalue weighted by atomic mass is 35.5. The molecule has 1 heterocycles. The van der Waals surface area contributed by atoms with Crippen molar-refractivity contribution in [2.24, 2.45) is 0 Å². The van der Waals surface area contributed by atoms with Crippen LogP contribution in [0.2, 0.25) is 5.02 Å². The lowest BCUT2D eigenvalue weighted by atomic mass is 9.94. The van der Waals surface area contributed by atoms with Crippen LogP contribution < -0.4 is 0 Å².